The minimum absolute atomic E-state index is 0.0170. The van der Waals surface area contributed by atoms with Crippen molar-refractivity contribution in [3.05, 3.63) is 47.2 Å². The van der Waals surface area contributed by atoms with Crippen LogP contribution in [0.2, 0.25) is 0 Å². The van der Waals surface area contributed by atoms with Crippen LogP contribution in [0, 0.1) is 17.8 Å². The molecule has 3 heterocycles. The van der Waals surface area contributed by atoms with Crippen molar-refractivity contribution in [2.75, 3.05) is 69.0 Å². The molecule has 2 aliphatic heterocycles. The lowest BCUT2D eigenvalue weighted by Gasteiger charge is -2.52. The minimum Gasteiger partial charge on any atom is -0.497 e. The Morgan fingerprint density at radius 3 is 2.21 bits per heavy atom. The lowest BCUT2D eigenvalue weighted by molar-refractivity contribution is -0.176. The largest absolute Gasteiger partial charge is 0.497 e. The summed E-state index contributed by atoms with van der Waals surface area (Å²) in [5.74, 6) is 0.441. The Morgan fingerprint density at radius 2 is 1.62 bits per heavy atom. The molecule has 2 fully saturated rings. The molecule has 13 nitrogen and oxygen atoms in total. The van der Waals surface area contributed by atoms with E-state index in [0.29, 0.717) is 23.7 Å². The molecule has 6 rings (SSSR count). The van der Waals surface area contributed by atoms with Crippen LogP contribution in [0.1, 0.15) is 40.5 Å². The van der Waals surface area contributed by atoms with Crippen molar-refractivity contribution in [3.8, 4) is 23.0 Å². The van der Waals surface area contributed by atoms with E-state index in [2.05, 4.69) is 16.0 Å². The highest BCUT2D eigenvalue weighted by molar-refractivity contribution is 5.91. The van der Waals surface area contributed by atoms with Crippen molar-refractivity contribution in [3.63, 3.8) is 0 Å². The number of nitrogens with zero attached hydrogens (tertiary/aromatic N) is 1. The molecule has 0 bridgehead atoms. The van der Waals surface area contributed by atoms with Crippen LogP contribution in [0.15, 0.2) is 30.3 Å². The molecular formula is C35H46N2O11. The van der Waals surface area contributed by atoms with E-state index >= 15 is 0 Å². The molecule has 1 saturated heterocycles. The SMILES string of the molecule is COC(=O)[C@H]1[C@H]2C[C@@H]3c4[nH]c5cc(OC)ccc5c4CCN3C[C@H]2C[C@@H](OC(=O)c2cc(OC)c(OC)c(OC)c2)[C@@H]1OC.OCCO. The fourth-order valence-electron chi connectivity index (χ4n) is 7.76. The predicted octanol–water partition coefficient (Wildman–Crippen LogP) is 3.14. The summed E-state index contributed by atoms with van der Waals surface area (Å²) in [5.41, 5.74) is 3.83. The number of aromatic amines is 1. The Hall–Kier alpha value is -4.04. The number of aliphatic hydroxyl groups is 2. The van der Waals surface area contributed by atoms with Crippen LogP contribution in [0.5, 0.6) is 23.0 Å². The van der Waals surface area contributed by atoms with Crippen molar-refractivity contribution in [2.24, 2.45) is 17.8 Å². The number of fused-ring (bicyclic) bond motifs is 6. The number of piperidine rings is 1. The number of hydrogen-bond donors (Lipinski definition) is 3. The quantitative estimate of drug-likeness (QED) is 0.286. The van der Waals surface area contributed by atoms with Gasteiger partial charge in [-0.3, -0.25) is 9.69 Å². The molecule has 6 atom stereocenters. The molecule has 13 heteroatoms. The third-order valence-corrected chi connectivity index (χ3v) is 9.86. The molecule has 0 radical (unpaired) electrons. The van der Waals surface area contributed by atoms with Crippen molar-refractivity contribution in [1.29, 1.82) is 0 Å². The van der Waals surface area contributed by atoms with Gasteiger partial charge in [0.05, 0.1) is 66.3 Å². The maximum absolute atomic E-state index is 13.5. The zero-order chi connectivity index (χ0) is 34.5. The zero-order valence-corrected chi connectivity index (χ0v) is 28.3. The summed E-state index contributed by atoms with van der Waals surface area (Å²) < 4.78 is 39.1. The van der Waals surface area contributed by atoms with Crippen molar-refractivity contribution in [2.45, 2.75) is 37.5 Å². The number of rotatable bonds is 9. The van der Waals surface area contributed by atoms with E-state index in [1.165, 1.54) is 45.1 Å². The highest BCUT2D eigenvalue weighted by Gasteiger charge is 2.54. The number of hydrogen-bond acceptors (Lipinski definition) is 12. The first-order valence-corrected chi connectivity index (χ1v) is 16.0. The second kappa shape index (κ2) is 15.5. The normalized spacial score (nSPS) is 24.6. The molecule has 0 spiro atoms. The zero-order valence-electron chi connectivity index (χ0n) is 28.3. The summed E-state index contributed by atoms with van der Waals surface area (Å²) in [6, 6.07) is 9.40. The number of nitrogens with one attached hydrogen (secondary N) is 1. The van der Waals surface area contributed by atoms with E-state index in [0.717, 1.165) is 37.2 Å². The number of esters is 2. The first-order chi connectivity index (χ1) is 23.3. The first kappa shape index (κ1) is 35.3. The smallest absolute Gasteiger partial charge is 0.338 e. The number of carbonyl (C=O) groups is 2. The molecule has 3 N–H and O–H groups in total. The van der Waals surface area contributed by atoms with Gasteiger partial charge < -0.3 is 48.4 Å². The average Bonchev–Trinajstić information content (AvgIpc) is 3.50. The van der Waals surface area contributed by atoms with E-state index in [1.54, 1.807) is 26.4 Å². The van der Waals surface area contributed by atoms with E-state index < -0.39 is 24.1 Å². The molecule has 262 valence electrons. The van der Waals surface area contributed by atoms with Gasteiger partial charge in [0.15, 0.2) is 11.5 Å². The van der Waals surface area contributed by atoms with Crippen LogP contribution in [0.25, 0.3) is 10.9 Å². The Kier molecular flexibility index (Phi) is 11.4. The average molecular weight is 671 g/mol. The van der Waals surface area contributed by atoms with Gasteiger partial charge in [0.25, 0.3) is 0 Å². The minimum atomic E-state index is -0.670. The standard InChI is InChI=1S/C33H40N2O9.C2H6O2/c1-38-19-7-8-20-21-9-10-35-16-18-13-27(44-32(36)17-11-25(39-2)30(41-4)26(12-17)40-3)31(42-5)28(33(37)43-6)22(18)15-24(35)29(21)34-23(20)14-19;3-1-2-4/h7-8,11-12,14,18,22,24,27-28,31,34H,9-10,13,15-16H2,1-6H3;3-4H,1-2H2/t18-,22+,24-,27-,28+,31+;/m1./s1. The molecule has 1 aromatic heterocycles. The fraction of sp³-hybridized carbons (Fsp3) is 0.543. The lowest BCUT2D eigenvalue weighted by atomic mass is 9.63. The summed E-state index contributed by atoms with van der Waals surface area (Å²) in [5, 5.41) is 16.5. The number of benzene rings is 2. The van der Waals surface area contributed by atoms with Gasteiger partial charge in [-0.25, -0.2) is 4.79 Å². The molecular weight excluding hydrogens is 624 g/mol. The maximum atomic E-state index is 13.5. The lowest BCUT2D eigenvalue weighted by Crippen LogP contribution is -2.58. The highest BCUT2D eigenvalue weighted by Crippen LogP contribution is 2.51. The fourth-order valence-corrected chi connectivity index (χ4v) is 7.76. The van der Waals surface area contributed by atoms with Crippen LogP contribution in [-0.2, 0) is 25.4 Å². The topological polar surface area (TPSA) is 158 Å². The Bertz CT molecular complexity index is 1560. The van der Waals surface area contributed by atoms with Crippen molar-refractivity contribution < 1.29 is 53.0 Å². The Morgan fingerprint density at radius 1 is 0.917 bits per heavy atom. The summed E-state index contributed by atoms with van der Waals surface area (Å²) in [4.78, 5) is 33.1. The van der Waals surface area contributed by atoms with E-state index in [9.17, 15) is 9.59 Å². The van der Waals surface area contributed by atoms with Gasteiger partial charge in [0.1, 0.15) is 18.0 Å². The maximum Gasteiger partial charge on any atom is 0.338 e. The third-order valence-electron chi connectivity index (χ3n) is 9.86. The summed E-state index contributed by atoms with van der Waals surface area (Å²) in [6.45, 7) is 1.43. The molecule has 0 unspecified atom stereocenters. The van der Waals surface area contributed by atoms with Crippen LogP contribution >= 0.6 is 0 Å². The van der Waals surface area contributed by atoms with Gasteiger partial charge in [0.2, 0.25) is 5.75 Å². The highest BCUT2D eigenvalue weighted by atomic mass is 16.6. The van der Waals surface area contributed by atoms with Crippen LogP contribution in [-0.4, -0.2) is 113 Å². The van der Waals surface area contributed by atoms with Gasteiger partial charge in [-0.2, -0.15) is 0 Å². The molecule has 2 aromatic carbocycles. The van der Waals surface area contributed by atoms with E-state index in [4.69, 9.17) is 43.4 Å². The number of aromatic nitrogens is 1. The Balaban J connectivity index is 0.00000107. The van der Waals surface area contributed by atoms with Gasteiger partial charge in [-0.05, 0) is 60.9 Å². The van der Waals surface area contributed by atoms with Crippen LogP contribution < -0.4 is 18.9 Å². The number of H-pyrrole nitrogens is 1. The van der Waals surface area contributed by atoms with Crippen LogP contribution in [0.3, 0.4) is 0 Å². The second-order valence-corrected chi connectivity index (χ2v) is 12.1. The number of aliphatic hydroxyl groups excluding tert-OH is 2. The van der Waals surface area contributed by atoms with E-state index in [1.807, 2.05) is 12.1 Å². The number of ether oxygens (including phenoxy) is 7. The van der Waals surface area contributed by atoms with Gasteiger partial charge in [-0.15, -0.1) is 0 Å². The van der Waals surface area contributed by atoms with Crippen molar-refractivity contribution in [1.82, 2.24) is 9.88 Å². The number of carbonyl (C=O) groups excluding carboxylic acids is 2. The summed E-state index contributed by atoms with van der Waals surface area (Å²) >= 11 is 0. The number of methoxy groups -OCH3 is 6. The molecule has 48 heavy (non-hydrogen) atoms. The predicted molar refractivity (Wildman–Crippen MR) is 175 cm³/mol. The molecule has 3 aromatic rings. The van der Waals surface area contributed by atoms with Gasteiger partial charge >= 0.3 is 11.9 Å². The second-order valence-electron chi connectivity index (χ2n) is 12.1. The first-order valence-electron chi connectivity index (χ1n) is 16.0. The van der Waals surface area contributed by atoms with Crippen LogP contribution in [0.4, 0.5) is 0 Å². The van der Waals surface area contributed by atoms with Crippen molar-refractivity contribution >= 4 is 22.8 Å². The van der Waals surface area contributed by atoms with Gasteiger partial charge in [-0.1, -0.05) is 0 Å². The Labute approximate surface area is 279 Å². The van der Waals surface area contributed by atoms with E-state index in [-0.39, 0.29) is 42.6 Å². The van der Waals surface area contributed by atoms with Gasteiger partial charge in [0, 0.05) is 42.9 Å². The molecule has 1 aliphatic carbocycles. The summed E-state index contributed by atoms with van der Waals surface area (Å²) in [6.07, 6.45) is 0.920. The molecule has 1 saturated carbocycles. The monoisotopic (exact) mass is 670 g/mol. The molecule has 0 amide bonds. The summed E-state index contributed by atoms with van der Waals surface area (Å²) in [7, 11) is 9.10. The molecule has 3 aliphatic rings. The third kappa shape index (κ3) is 6.64.